The van der Waals surface area contributed by atoms with Crippen LogP contribution in [0.4, 0.5) is 8.78 Å². The van der Waals surface area contributed by atoms with Crippen molar-refractivity contribution in [2.75, 3.05) is 0 Å². The molecule has 0 unspecified atom stereocenters. The van der Waals surface area contributed by atoms with Gasteiger partial charge in [0.05, 0.1) is 0 Å². The van der Waals surface area contributed by atoms with Crippen molar-refractivity contribution in [1.29, 1.82) is 0 Å². The van der Waals surface area contributed by atoms with Gasteiger partial charge in [0.15, 0.2) is 0 Å². The van der Waals surface area contributed by atoms with E-state index in [9.17, 15) is 8.78 Å². The van der Waals surface area contributed by atoms with Crippen molar-refractivity contribution in [3.8, 4) is 23.0 Å². The molecule has 3 heteroatoms. The second kappa shape index (κ2) is 10.0. The summed E-state index contributed by atoms with van der Waals surface area (Å²) in [6.45, 7) is 3.74. The van der Waals surface area contributed by atoms with Gasteiger partial charge in [-0.05, 0) is 78.8 Å². The smallest absolute Gasteiger partial charge is 0.145 e. The Morgan fingerprint density at radius 1 is 0.793 bits per heavy atom. The summed E-state index contributed by atoms with van der Waals surface area (Å²) in [5.41, 5.74) is 4.23. The standard InChI is InChI=1S/C26H21ClF2/c1-2-3-4-5-6-19-7-9-20(10-8-19)11-12-21-13-15-22(16-14-21)23-17-24(28)26(27)25(29)18-23/h2,7-10,13-18H,1,3-6H2. The van der Waals surface area contributed by atoms with Crippen LogP contribution in [0.2, 0.25) is 5.02 Å². The first-order chi connectivity index (χ1) is 14.1. The van der Waals surface area contributed by atoms with Gasteiger partial charge in [-0.2, -0.15) is 0 Å². The fraction of sp³-hybridized carbons (Fsp3) is 0.154. The summed E-state index contributed by atoms with van der Waals surface area (Å²) in [5, 5.41) is -0.487. The average molecular weight is 407 g/mol. The van der Waals surface area contributed by atoms with Crippen molar-refractivity contribution in [2.45, 2.75) is 25.7 Å². The Kier molecular flexibility index (Phi) is 7.22. The number of hydrogen-bond donors (Lipinski definition) is 0. The summed E-state index contributed by atoms with van der Waals surface area (Å²) >= 11 is 5.54. The fourth-order valence-electron chi connectivity index (χ4n) is 2.99. The molecular formula is C26H21ClF2. The lowest BCUT2D eigenvalue weighted by molar-refractivity contribution is 0.585. The molecule has 0 aliphatic rings. The summed E-state index contributed by atoms with van der Waals surface area (Å²) in [6.07, 6.45) is 6.40. The Morgan fingerprint density at radius 3 is 1.90 bits per heavy atom. The third-order valence-electron chi connectivity index (χ3n) is 4.63. The van der Waals surface area contributed by atoms with Crippen molar-refractivity contribution in [3.63, 3.8) is 0 Å². The zero-order chi connectivity index (χ0) is 20.6. The Hall–Kier alpha value is -2.89. The minimum Gasteiger partial charge on any atom is -0.205 e. The van der Waals surface area contributed by atoms with Gasteiger partial charge >= 0.3 is 0 Å². The lowest BCUT2D eigenvalue weighted by Crippen LogP contribution is -1.87. The fourth-order valence-corrected chi connectivity index (χ4v) is 3.09. The summed E-state index contributed by atoms with van der Waals surface area (Å²) in [4.78, 5) is 0. The highest BCUT2D eigenvalue weighted by Gasteiger charge is 2.09. The highest BCUT2D eigenvalue weighted by molar-refractivity contribution is 6.31. The second-order valence-electron chi connectivity index (χ2n) is 6.81. The van der Waals surface area contributed by atoms with Crippen molar-refractivity contribution < 1.29 is 8.78 Å². The van der Waals surface area contributed by atoms with Crippen molar-refractivity contribution >= 4 is 11.6 Å². The van der Waals surface area contributed by atoms with Crippen LogP contribution in [0.5, 0.6) is 0 Å². The summed E-state index contributed by atoms with van der Waals surface area (Å²) in [7, 11) is 0. The number of halogens is 3. The van der Waals surface area contributed by atoms with E-state index in [4.69, 9.17) is 11.6 Å². The Balaban J connectivity index is 1.66. The molecule has 3 aromatic rings. The largest absolute Gasteiger partial charge is 0.205 e. The van der Waals surface area contributed by atoms with Crippen molar-refractivity contribution in [2.24, 2.45) is 0 Å². The highest BCUT2D eigenvalue weighted by Crippen LogP contribution is 2.27. The maximum Gasteiger partial charge on any atom is 0.145 e. The highest BCUT2D eigenvalue weighted by atomic mass is 35.5. The van der Waals surface area contributed by atoms with Crippen LogP contribution in [-0.2, 0) is 6.42 Å². The van der Waals surface area contributed by atoms with E-state index in [-0.39, 0.29) is 0 Å². The van der Waals surface area contributed by atoms with Crippen molar-refractivity contribution in [1.82, 2.24) is 0 Å². The first kappa shape index (κ1) is 20.8. The molecule has 0 heterocycles. The number of aryl methyl sites for hydroxylation is 1. The number of rotatable bonds is 6. The molecular weight excluding hydrogens is 386 g/mol. The molecule has 0 bridgehead atoms. The molecule has 0 N–H and O–H groups in total. The Labute approximate surface area is 175 Å². The van der Waals surface area contributed by atoms with E-state index in [1.54, 1.807) is 12.1 Å². The number of unbranched alkanes of at least 4 members (excludes halogenated alkanes) is 2. The SMILES string of the molecule is C=CCCCCc1ccc(C#Cc2ccc(-c3cc(F)c(Cl)c(F)c3)cc2)cc1. The summed E-state index contributed by atoms with van der Waals surface area (Å²) in [6, 6.07) is 18.0. The van der Waals surface area contributed by atoms with Gasteiger partial charge in [0.2, 0.25) is 0 Å². The van der Waals surface area contributed by atoms with Gasteiger partial charge in [0.1, 0.15) is 16.7 Å². The predicted octanol–water partition coefficient (Wildman–Crippen LogP) is 7.58. The zero-order valence-corrected chi connectivity index (χ0v) is 16.8. The molecule has 0 aromatic heterocycles. The van der Waals surface area contributed by atoms with Crippen LogP contribution in [0.15, 0.2) is 73.3 Å². The average Bonchev–Trinajstić information content (AvgIpc) is 2.74. The number of benzene rings is 3. The van der Waals surface area contributed by atoms with E-state index >= 15 is 0 Å². The molecule has 0 spiro atoms. The van der Waals surface area contributed by atoms with Gasteiger partial charge in [-0.25, -0.2) is 8.78 Å². The predicted molar refractivity (Wildman–Crippen MR) is 117 cm³/mol. The lowest BCUT2D eigenvalue weighted by Gasteiger charge is -2.04. The Morgan fingerprint density at radius 2 is 1.34 bits per heavy atom. The first-order valence-electron chi connectivity index (χ1n) is 9.53. The van der Waals surface area contributed by atoms with E-state index < -0.39 is 16.7 Å². The molecule has 0 fully saturated rings. The van der Waals surface area contributed by atoms with Gasteiger partial charge in [-0.3, -0.25) is 0 Å². The van der Waals surface area contributed by atoms with Crippen LogP contribution < -0.4 is 0 Å². The third-order valence-corrected chi connectivity index (χ3v) is 4.99. The van der Waals surface area contributed by atoms with Gasteiger partial charge < -0.3 is 0 Å². The molecule has 3 aromatic carbocycles. The normalized spacial score (nSPS) is 10.3. The number of hydrogen-bond acceptors (Lipinski definition) is 0. The first-order valence-corrected chi connectivity index (χ1v) is 9.91. The molecule has 0 aliphatic heterocycles. The van der Waals surface area contributed by atoms with Crippen LogP contribution in [0.3, 0.4) is 0 Å². The van der Waals surface area contributed by atoms with E-state index in [2.05, 4.69) is 30.6 Å². The molecule has 0 nitrogen and oxygen atoms in total. The molecule has 29 heavy (non-hydrogen) atoms. The minimum absolute atomic E-state index is 0.438. The topological polar surface area (TPSA) is 0 Å². The molecule has 146 valence electrons. The maximum absolute atomic E-state index is 13.6. The quantitative estimate of drug-likeness (QED) is 0.171. The monoisotopic (exact) mass is 406 g/mol. The van der Waals surface area contributed by atoms with E-state index in [0.717, 1.165) is 36.8 Å². The zero-order valence-electron chi connectivity index (χ0n) is 16.0. The third kappa shape index (κ3) is 5.79. The molecule has 0 aliphatic carbocycles. The lowest BCUT2D eigenvalue weighted by atomic mass is 10.0. The van der Waals surface area contributed by atoms with E-state index in [0.29, 0.717) is 11.1 Å². The van der Waals surface area contributed by atoms with Gasteiger partial charge in [0, 0.05) is 11.1 Å². The van der Waals surface area contributed by atoms with E-state index in [1.165, 1.54) is 17.7 Å². The van der Waals surface area contributed by atoms with Crippen LogP contribution in [0, 0.1) is 23.5 Å². The molecule has 0 saturated carbocycles. The van der Waals surface area contributed by atoms with Crippen LogP contribution in [0.1, 0.15) is 36.0 Å². The maximum atomic E-state index is 13.6. The molecule has 3 rings (SSSR count). The summed E-state index contributed by atoms with van der Waals surface area (Å²) in [5.74, 6) is 4.73. The molecule has 0 radical (unpaired) electrons. The van der Waals surface area contributed by atoms with Gasteiger partial charge in [0.25, 0.3) is 0 Å². The molecule has 0 amide bonds. The van der Waals surface area contributed by atoms with Gasteiger partial charge in [-0.1, -0.05) is 53.8 Å². The van der Waals surface area contributed by atoms with Crippen LogP contribution in [0.25, 0.3) is 11.1 Å². The summed E-state index contributed by atoms with van der Waals surface area (Å²) < 4.78 is 27.3. The Bertz CT molecular complexity index is 1020. The van der Waals surface area contributed by atoms with Crippen LogP contribution >= 0.6 is 11.6 Å². The van der Waals surface area contributed by atoms with Crippen molar-refractivity contribution in [3.05, 3.63) is 107 Å². The second-order valence-corrected chi connectivity index (χ2v) is 7.19. The van der Waals surface area contributed by atoms with E-state index in [1.807, 2.05) is 30.3 Å². The van der Waals surface area contributed by atoms with Gasteiger partial charge in [-0.15, -0.1) is 6.58 Å². The molecule has 0 atom stereocenters. The number of allylic oxidation sites excluding steroid dienone is 1. The van der Waals surface area contributed by atoms with Crippen LogP contribution in [-0.4, -0.2) is 0 Å². The minimum atomic E-state index is -0.769. The molecule has 0 saturated heterocycles.